The van der Waals surface area contributed by atoms with Crippen molar-refractivity contribution in [2.24, 2.45) is 0 Å². The lowest BCUT2D eigenvalue weighted by molar-refractivity contribution is -0.142. The summed E-state index contributed by atoms with van der Waals surface area (Å²) in [6.45, 7) is 2.97. The van der Waals surface area contributed by atoms with Crippen LogP contribution >= 0.6 is 11.6 Å². The van der Waals surface area contributed by atoms with Gasteiger partial charge < -0.3 is 19.0 Å². The lowest BCUT2D eigenvalue weighted by Crippen LogP contribution is -2.45. The van der Waals surface area contributed by atoms with E-state index in [9.17, 15) is 4.79 Å². The quantitative estimate of drug-likeness (QED) is 0.751. The molecule has 0 saturated carbocycles. The van der Waals surface area contributed by atoms with Crippen LogP contribution in [0.1, 0.15) is 44.0 Å². The largest absolute Gasteiger partial charge is 0.481 e. The van der Waals surface area contributed by atoms with Crippen LogP contribution in [0.25, 0.3) is 0 Å². The van der Waals surface area contributed by atoms with E-state index in [2.05, 4.69) is 10.2 Å². The third-order valence-electron chi connectivity index (χ3n) is 4.46. The van der Waals surface area contributed by atoms with Crippen LogP contribution in [0.2, 0.25) is 5.02 Å². The average Bonchev–Trinajstić information content (AvgIpc) is 3.08. The first-order valence-corrected chi connectivity index (χ1v) is 9.51. The molecule has 7 nitrogen and oxygen atoms in total. The number of carbonyl (C=O) groups is 1. The molecular weight excluding hydrogens is 368 g/mol. The zero-order valence-corrected chi connectivity index (χ0v) is 16.6. The van der Waals surface area contributed by atoms with Crippen molar-refractivity contribution in [3.05, 3.63) is 41.1 Å². The highest BCUT2D eigenvalue weighted by atomic mass is 35.5. The number of aromatic nitrogens is 2. The summed E-state index contributed by atoms with van der Waals surface area (Å²) >= 11 is 5.99. The molecule has 3 rings (SSSR count). The van der Waals surface area contributed by atoms with E-state index in [1.165, 1.54) is 0 Å². The topological polar surface area (TPSA) is 71.7 Å². The summed E-state index contributed by atoms with van der Waals surface area (Å²) in [5.74, 6) is 1.53. The predicted molar refractivity (Wildman–Crippen MR) is 102 cm³/mol. The van der Waals surface area contributed by atoms with E-state index in [1.807, 2.05) is 19.0 Å². The van der Waals surface area contributed by atoms with Crippen molar-refractivity contribution in [3.63, 3.8) is 0 Å². The Balaban J connectivity index is 1.72. The number of piperidine rings is 1. The summed E-state index contributed by atoms with van der Waals surface area (Å²) < 4.78 is 11.6. The Morgan fingerprint density at radius 1 is 1.41 bits per heavy atom. The Kier molecular flexibility index (Phi) is 6.34. The zero-order chi connectivity index (χ0) is 19.4. The Morgan fingerprint density at radius 3 is 2.96 bits per heavy atom. The first kappa shape index (κ1) is 19.6. The standard InChI is InChI=1S/C19H25ClN4O3/c1-13(26-15-8-6-7-14(20)11-15)19(25)24-10-5-4-9-16(24)18-22-21-17(27-18)12-23(2)3/h6-8,11,13,16H,4-5,9-10,12H2,1-3H3/t13-,16+/m0/s1. The van der Waals surface area contributed by atoms with E-state index < -0.39 is 6.10 Å². The van der Waals surface area contributed by atoms with Crippen molar-refractivity contribution in [1.82, 2.24) is 20.0 Å². The number of amides is 1. The van der Waals surface area contributed by atoms with Crippen LogP contribution in [0.4, 0.5) is 0 Å². The summed E-state index contributed by atoms with van der Waals surface area (Å²) in [4.78, 5) is 16.8. The van der Waals surface area contributed by atoms with E-state index in [0.717, 1.165) is 19.3 Å². The van der Waals surface area contributed by atoms with Gasteiger partial charge in [-0.1, -0.05) is 17.7 Å². The van der Waals surface area contributed by atoms with Crippen molar-refractivity contribution < 1.29 is 13.9 Å². The molecule has 0 bridgehead atoms. The SMILES string of the molecule is C[C@H](Oc1cccc(Cl)c1)C(=O)N1CCCC[C@@H]1c1nnc(CN(C)C)o1. The second kappa shape index (κ2) is 8.71. The average molecular weight is 393 g/mol. The minimum Gasteiger partial charge on any atom is -0.481 e. The van der Waals surface area contributed by atoms with Gasteiger partial charge in [0.1, 0.15) is 11.8 Å². The minimum absolute atomic E-state index is 0.0907. The molecule has 0 unspecified atom stereocenters. The van der Waals surface area contributed by atoms with Crippen LogP contribution in [0, 0.1) is 0 Å². The van der Waals surface area contributed by atoms with Crippen LogP contribution in [0.3, 0.4) is 0 Å². The zero-order valence-electron chi connectivity index (χ0n) is 15.9. The highest BCUT2D eigenvalue weighted by molar-refractivity contribution is 6.30. The Morgan fingerprint density at radius 2 is 2.22 bits per heavy atom. The molecule has 0 spiro atoms. The number of halogens is 1. The van der Waals surface area contributed by atoms with Crippen LogP contribution in [-0.2, 0) is 11.3 Å². The minimum atomic E-state index is -0.631. The summed E-state index contributed by atoms with van der Waals surface area (Å²) in [5, 5.41) is 8.86. The third-order valence-corrected chi connectivity index (χ3v) is 4.70. The van der Waals surface area contributed by atoms with Gasteiger partial charge in [0.2, 0.25) is 11.8 Å². The Hall–Kier alpha value is -2.12. The molecule has 1 saturated heterocycles. The van der Waals surface area contributed by atoms with E-state index in [-0.39, 0.29) is 11.9 Å². The van der Waals surface area contributed by atoms with Crippen LogP contribution < -0.4 is 4.74 Å². The number of hydrogen-bond acceptors (Lipinski definition) is 6. The van der Waals surface area contributed by atoms with Crippen molar-refractivity contribution in [1.29, 1.82) is 0 Å². The summed E-state index contributed by atoms with van der Waals surface area (Å²) in [7, 11) is 3.88. The lowest BCUT2D eigenvalue weighted by Gasteiger charge is -2.35. The monoisotopic (exact) mass is 392 g/mol. The molecule has 27 heavy (non-hydrogen) atoms. The number of likely N-dealkylation sites (tertiary alicyclic amines) is 1. The van der Waals surface area contributed by atoms with Gasteiger partial charge in [0, 0.05) is 11.6 Å². The normalized spacial score (nSPS) is 18.6. The van der Waals surface area contributed by atoms with Crippen LogP contribution in [0.5, 0.6) is 5.75 Å². The maximum absolute atomic E-state index is 13.0. The fourth-order valence-corrected chi connectivity index (χ4v) is 3.40. The fourth-order valence-electron chi connectivity index (χ4n) is 3.22. The van der Waals surface area contributed by atoms with Gasteiger partial charge in [-0.25, -0.2) is 0 Å². The number of benzene rings is 1. The van der Waals surface area contributed by atoms with Gasteiger partial charge in [-0.3, -0.25) is 4.79 Å². The highest BCUT2D eigenvalue weighted by Crippen LogP contribution is 2.31. The van der Waals surface area contributed by atoms with Gasteiger partial charge in [0.25, 0.3) is 5.91 Å². The maximum Gasteiger partial charge on any atom is 0.264 e. The van der Waals surface area contributed by atoms with Crippen molar-refractivity contribution in [3.8, 4) is 5.75 Å². The molecule has 1 amide bonds. The molecule has 0 aliphatic carbocycles. The van der Waals surface area contributed by atoms with Gasteiger partial charge in [0.15, 0.2) is 6.10 Å². The number of ether oxygens (including phenoxy) is 1. The van der Waals surface area contributed by atoms with Crippen molar-refractivity contribution >= 4 is 17.5 Å². The molecule has 2 aromatic rings. The van der Waals surface area contributed by atoms with Crippen molar-refractivity contribution in [2.75, 3.05) is 20.6 Å². The molecule has 1 aliphatic heterocycles. The maximum atomic E-state index is 13.0. The van der Waals surface area contributed by atoms with E-state index in [0.29, 0.717) is 35.6 Å². The smallest absolute Gasteiger partial charge is 0.264 e. The lowest BCUT2D eigenvalue weighted by atomic mass is 10.0. The van der Waals surface area contributed by atoms with Crippen molar-refractivity contribution in [2.45, 2.75) is 44.9 Å². The number of rotatable bonds is 6. The Bertz CT molecular complexity index is 780. The summed E-state index contributed by atoms with van der Waals surface area (Å²) in [6, 6.07) is 6.84. The number of hydrogen-bond donors (Lipinski definition) is 0. The molecule has 1 fully saturated rings. The number of nitrogens with zero attached hydrogens (tertiary/aromatic N) is 4. The molecule has 8 heteroatoms. The first-order valence-electron chi connectivity index (χ1n) is 9.13. The molecule has 1 aromatic heterocycles. The molecule has 0 N–H and O–H groups in total. The molecule has 1 aromatic carbocycles. The highest BCUT2D eigenvalue weighted by Gasteiger charge is 2.34. The molecule has 2 atom stereocenters. The number of carbonyl (C=O) groups excluding carboxylic acids is 1. The van der Waals surface area contributed by atoms with Gasteiger partial charge >= 0.3 is 0 Å². The van der Waals surface area contributed by atoms with E-state index in [4.69, 9.17) is 20.8 Å². The summed E-state index contributed by atoms with van der Waals surface area (Å²) in [5.41, 5.74) is 0. The van der Waals surface area contributed by atoms with Gasteiger partial charge in [-0.15, -0.1) is 10.2 Å². The molecule has 1 aliphatic rings. The molecule has 146 valence electrons. The second-order valence-corrected chi connectivity index (χ2v) is 7.47. The summed E-state index contributed by atoms with van der Waals surface area (Å²) in [6.07, 6.45) is 2.14. The van der Waals surface area contributed by atoms with Gasteiger partial charge in [-0.2, -0.15) is 0 Å². The predicted octanol–water partition coefficient (Wildman–Crippen LogP) is 3.31. The Labute approximate surface area is 164 Å². The fraction of sp³-hybridized carbons (Fsp3) is 0.526. The molecule has 2 heterocycles. The van der Waals surface area contributed by atoms with Crippen LogP contribution in [-0.4, -0.2) is 52.6 Å². The van der Waals surface area contributed by atoms with Gasteiger partial charge in [0.05, 0.1) is 6.54 Å². The van der Waals surface area contributed by atoms with E-state index >= 15 is 0 Å². The first-order chi connectivity index (χ1) is 12.9. The third kappa shape index (κ3) is 4.99. The van der Waals surface area contributed by atoms with Crippen LogP contribution in [0.15, 0.2) is 28.7 Å². The molecular formula is C19H25ClN4O3. The second-order valence-electron chi connectivity index (χ2n) is 7.03. The molecule has 0 radical (unpaired) electrons. The van der Waals surface area contributed by atoms with E-state index in [1.54, 1.807) is 36.1 Å². The van der Waals surface area contributed by atoms with Gasteiger partial charge in [-0.05, 0) is 58.5 Å².